The minimum atomic E-state index is -1.02. The monoisotopic (exact) mass is 473 g/mol. The van der Waals surface area contributed by atoms with Crippen molar-refractivity contribution in [2.75, 3.05) is 32.7 Å². The number of rotatable bonds is 4. The van der Waals surface area contributed by atoms with Gasteiger partial charge in [0.25, 0.3) is 0 Å². The Morgan fingerprint density at radius 2 is 1.89 bits per heavy atom. The molecule has 2 fully saturated rings. The Hall–Kier alpha value is -2.35. The highest BCUT2D eigenvalue weighted by atomic mass is 16.5. The Kier molecular flexibility index (Phi) is 6.22. The zero-order valence-electron chi connectivity index (χ0n) is 21.9. The molecule has 1 N–H and O–H groups in total. The maximum absolute atomic E-state index is 12.3. The topological polar surface area (TPSA) is 49.8 Å². The first-order chi connectivity index (χ1) is 16.7. The number of nitrogens with zero attached hydrogens (tertiary/aromatic N) is 1. The molecule has 5 rings (SSSR count). The zero-order valence-corrected chi connectivity index (χ0v) is 21.9. The minimum Gasteiger partial charge on any atom is -0.384 e. The van der Waals surface area contributed by atoms with Gasteiger partial charge in [-0.25, -0.2) is 0 Å². The largest absolute Gasteiger partial charge is 0.384 e. The molecular weight excluding hydrogens is 434 g/mol. The van der Waals surface area contributed by atoms with Crippen molar-refractivity contribution in [1.29, 1.82) is 0 Å². The highest BCUT2D eigenvalue weighted by Crippen LogP contribution is 2.68. The van der Waals surface area contributed by atoms with E-state index in [4.69, 9.17) is 4.74 Å². The van der Waals surface area contributed by atoms with Crippen LogP contribution in [0, 0.1) is 35.0 Å². The lowest BCUT2D eigenvalue weighted by Gasteiger charge is -2.54. The van der Waals surface area contributed by atoms with Gasteiger partial charge in [0.1, 0.15) is 5.60 Å². The summed E-state index contributed by atoms with van der Waals surface area (Å²) in [5.41, 5.74) is 5.36. The van der Waals surface area contributed by atoms with Crippen LogP contribution in [0.3, 0.4) is 0 Å². The van der Waals surface area contributed by atoms with Gasteiger partial charge < -0.3 is 14.7 Å². The molecule has 186 valence electrons. The summed E-state index contributed by atoms with van der Waals surface area (Å²) in [4.78, 5) is 14.4. The van der Waals surface area contributed by atoms with Gasteiger partial charge >= 0.3 is 0 Å². The molecule has 4 nitrogen and oxygen atoms in total. The van der Waals surface area contributed by atoms with Crippen LogP contribution in [0.4, 0.5) is 5.69 Å². The van der Waals surface area contributed by atoms with Crippen molar-refractivity contribution >= 4 is 11.5 Å². The van der Waals surface area contributed by atoms with Crippen molar-refractivity contribution in [1.82, 2.24) is 0 Å². The number of hydrogen-bond donors (Lipinski definition) is 1. The van der Waals surface area contributed by atoms with E-state index in [9.17, 15) is 9.90 Å². The summed E-state index contributed by atoms with van der Waals surface area (Å²) in [7, 11) is 5.90. The normalized spacial score (nSPS) is 35.9. The molecule has 4 heteroatoms. The van der Waals surface area contributed by atoms with Crippen LogP contribution >= 0.6 is 0 Å². The van der Waals surface area contributed by atoms with Crippen molar-refractivity contribution in [2.24, 2.45) is 23.2 Å². The van der Waals surface area contributed by atoms with E-state index in [-0.39, 0.29) is 23.0 Å². The Balaban J connectivity index is 1.70. The van der Waals surface area contributed by atoms with E-state index in [1.165, 1.54) is 28.0 Å². The molecule has 4 aliphatic rings. The third-order valence-electron chi connectivity index (χ3n) is 9.52. The lowest BCUT2D eigenvalue weighted by Crippen LogP contribution is -2.51. The van der Waals surface area contributed by atoms with Crippen LogP contribution in [0.15, 0.2) is 47.1 Å². The van der Waals surface area contributed by atoms with Gasteiger partial charge in [0.2, 0.25) is 0 Å². The molecule has 4 aliphatic carbocycles. The van der Waals surface area contributed by atoms with Gasteiger partial charge in [0, 0.05) is 51.3 Å². The van der Waals surface area contributed by atoms with Crippen LogP contribution in [0.25, 0.3) is 0 Å². The molecule has 35 heavy (non-hydrogen) atoms. The van der Waals surface area contributed by atoms with Crippen molar-refractivity contribution in [3.63, 3.8) is 0 Å². The molecule has 1 aromatic carbocycles. The van der Waals surface area contributed by atoms with Crippen LogP contribution < -0.4 is 4.90 Å². The summed E-state index contributed by atoms with van der Waals surface area (Å²) in [5, 5.41) is 12.1. The van der Waals surface area contributed by atoms with E-state index in [1.54, 1.807) is 7.11 Å². The molecule has 1 aromatic rings. The first kappa shape index (κ1) is 24.3. The van der Waals surface area contributed by atoms with E-state index in [1.807, 2.05) is 13.0 Å². The molecule has 0 radical (unpaired) electrons. The van der Waals surface area contributed by atoms with Gasteiger partial charge in [-0.15, -0.1) is 5.92 Å². The first-order valence-corrected chi connectivity index (χ1v) is 13.1. The number of carbonyl (C=O) groups is 1. The van der Waals surface area contributed by atoms with Gasteiger partial charge in [0.05, 0.1) is 0 Å². The zero-order chi connectivity index (χ0) is 25.0. The summed E-state index contributed by atoms with van der Waals surface area (Å²) >= 11 is 0. The summed E-state index contributed by atoms with van der Waals surface area (Å²) in [6.45, 7) is 4.77. The van der Waals surface area contributed by atoms with Crippen molar-refractivity contribution in [2.45, 2.75) is 63.9 Å². The Morgan fingerprint density at radius 3 is 2.54 bits per heavy atom. The summed E-state index contributed by atoms with van der Waals surface area (Å²) in [6, 6.07) is 8.95. The highest BCUT2D eigenvalue weighted by molar-refractivity contribution is 5.93. The van der Waals surface area contributed by atoms with Crippen molar-refractivity contribution < 1.29 is 14.6 Å². The van der Waals surface area contributed by atoms with E-state index < -0.39 is 5.60 Å². The second-order valence-corrected chi connectivity index (χ2v) is 11.6. The van der Waals surface area contributed by atoms with Gasteiger partial charge in [-0.1, -0.05) is 30.6 Å². The SMILES string of the molecule is CC#C[C@]1(O)C[C@H](COC)[C@H]2[C@@H]3CCC4=CC(=O)CCC4=C3[C@@H](c3ccc(N(C)C)cc3)C[C@@]21C. The number of carbonyl (C=O) groups excluding carboxylic acids is 1. The number of anilines is 1. The smallest absolute Gasteiger partial charge is 0.156 e. The highest BCUT2D eigenvalue weighted by Gasteiger charge is 2.66. The molecule has 2 saturated carbocycles. The molecule has 0 aromatic heterocycles. The summed E-state index contributed by atoms with van der Waals surface area (Å²) < 4.78 is 5.70. The lowest BCUT2D eigenvalue weighted by atomic mass is 9.50. The van der Waals surface area contributed by atoms with Crippen LogP contribution in [0.2, 0.25) is 0 Å². The van der Waals surface area contributed by atoms with Crippen LogP contribution in [-0.2, 0) is 9.53 Å². The molecule has 0 saturated heterocycles. The van der Waals surface area contributed by atoms with Crippen LogP contribution in [0.5, 0.6) is 0 Å². The predicted octanol–water partition coefficient (Wildman–Crippen LogP) is 5.28. The van der Waals surface area contributed by atoms with E-state index in [2.05, 4.69) is 62.0 Å². The number of benzene rings is 1. The molecular formula is C31H39NO3. The first-order valence-electron chi connectivity index (χ1n) is 13.1. The molecule has 0 amide bonds. The number of ketones is 1. The number of methoxy groups -OCH3 is 1. The lowest BCUT2D eigenvalue weighted by molar-refractivity contribution is -0.114. The second-order valence-electron chi connectivity index (χ2n) is 11.6. The Bertz CT molecular complexity index is 1130. The molecule has 0 bridgehead atoms. The van der Waals surface area contributed by atoms with Crippen LogP contribution in [-0.4, -0.2) is 44.3 Å². The molecule has 0 unspecified atom stereocenters. The van der Waals surface area contributed by atoms with Gasteiger partial charge in [-0.05, 0) is 91.7 Å². The molecule has 6 atom stereocenters. The quantitative estimate of drug-likeness (QED) is 0.605. The third-order valence-corrected chi connectivity index (χ3v) is 9.52. The van der Waals surface area contributed by atoms with E-state index in [0.29, 0.717) is 31.3 Å². The maximum Gasteiger partial charge on any atom is 0.156 e. The molecule has 0 spiro atoms. The number of allylic oxidation sites excluding steroid dienone is 4. The number of fused-ring (bicyclic) bond motifs is 4. The fraction of sp³-hybridized carbons (Fsp3) is 0.581. The molecule has 0 heterocycles. The fourth-order valence-corrected chi connectivity index (χ4v) is 8.07. The van der Waals surface area contributed by atoms with E-state index in [0.717, 1.165) is 25.7 Å². The van der Waals surface area contributed by atoms with Crippen LogP contribution in [0.1, 0.15) is 63.9 Å². The van der Waals surface area contributed by atoms with Crippen molar-refractivity contribution in [3.05, 3.63) is 52.6 Å². The fourth-order valence-electron chi connectivity index (χ4n) is 8.07. The molecule has 0 aliphatic heterocycles. The van der Waals surface area contributed by atoms with Gasteiger partial charge in [0.15, 0.2) is 5.78 Å². The maximum atomic E-state index is 12.3. The average Bonchev–Trinajstić information content (AvgIpc) is 3.04. The number of aliphatic hydroxyl groups is 1. The Morgan fingerprint density at radius 1 is 1.14 bits per heavy atom. The summed E-state index contributed by atoms with van der Waals surface area (Å²) in [5.74, 6) is 7.78. The second kappa shape index (κ2) is 8.95. The van der Waals surface area contributed by atoms with E-state index >= 15 is 0 Å². The number of hydrogen-bond acceptors (Lipinski definition) is 4. The van der Waals surface area contributed by atoms with Gasteiger partial charge in [-0.2, -0.15) is 0 Å². The Labute approximate surface area is 210 Å². The third kappa shape index (κ3) is 3.79. The minimum absolute atomic E-state index is 0.218. The predicted molar refractivity (Wildman–Crippen MR) is 140 cm³/mol. The standard InChI is InChI=1S/C31H39NO3/c1-6-15-31(34)17-22(19-35-5)29-26-13-9-21-16-24(33)12-14-25(21)28(26)27(18-30(29,31)2)20-7-10-23(11-8-20)32(3)4/h7-8,10-11,16,22,26-27,29,34H,9,12-14,17-19H2,1-5H3/t22-,26-,27-,29+,30+,31+/m1/s1. The van der Waals surface area contributed by atoms with Gasteiger partial charge in [-0.3, -0.25) is 4.79 Å². The van der Waals surface area contributed by atoms with Crippen molar-refractivity contribution in [3.8, 4) is 11.8 Å². The average molecular weight is 474 g/mol. The number of ether oxygens (including phenoxy) is 1. The summed E-state index contributed by atoms with van der Waals surface area (Å²) in [6.07, 6.45) is 6.88.